The summed E-state index contributed by atoms with van der Waals surface area (Å²) in [5.41, 5.74) is -3.75. The molecule has 0 aromatic heterocycles. The maximum atomic E-state index is 14.4. The molecule has 0 heterocycles. The molecule has 4 aliphatic rings. The zero-order valence-corrected chi connectivity index (χ0v) is 23.0. The van der Waals surface area contributed by atoms with E-state index >= 15 is 0 Å². The van der Waals surface area contributed by atoms with Crippen LogP contribution in [-0.4, -0.2) is 124 Å². The third kappa shape index (κ3) is 8.74. The van der Waals surface area contributed by atoms with Crippen molar-refractivity contribution in [3.05, 3.63) is 0 Å². The molecule has 4 atom stereocenters. The molecule has 4 aliphatic carbocycles. The lowest BCUT2D eigenvalue weighted by Crippen LogP contribution is -2.67. The van der Waals surface area contributed by atoms with Gasteiger partial charge in [0.2, 0.25) is 0 Å². The predicted molar refractivity (Wildman–Crippen MR) is 130 cm³/mol. The molecule has 0 amide bonds. The molecular weight excluding hydrogens is 566 g/mol. The Morgan fingerprint density at radius 2 is 1.35 bits per heavy atom. The minimum Gasteiger partial charge on any atom is -0.463 e. The molecule has 4 fully saturated rings. The van der Waals surface area contributed by atoms with Crippen molar-refractivity contribution in [2.45, 2.75) is 55.6 Å². The number of aliphatic hydroxyl groups excluding tert-OH is 2. The van der Waals surface area contributed by atoms with Gasteiger partial charge in [-0.25, -0.2) is 4.79 Å². The van der Waals surface area contributed by atoms with Crippen LogP contribution >= 0.6 is 0 Å². The van der Waals surface area contributed by atoms with Crippen LogP contribution in [0.25, 0.3) is 0 Å². The van der Waals surface area contributed by atoms with Crippen LogP contribution in [0.5, 0.6) is 0 Å². The van der Waals surface area contributed by atoms with E-state index in [1.54, 1.807) is 0 Å². The molecule has 0 aromatic rings. The van der Waals surface area contributed by atoms with E-state index < -0.39 is 50.3 Å². The van der Waals surface area contributed by atoms with Gasteiger partial charge in [0.05, 0.1) is 70.5 Å². The number of hydrogen-bond acceptors (Lipinski definition) is 12. The van der Waals surface area contributed by atoms with Crippen molar-refractivity contribution in [3.63, 3.8) is 0 Å². The summed E-state index contributed by atoms with van der Waals surface area (Å²) < 4.78 is 92.4. The molecular formula is C24H38F2O13S. The third-order valence-corrected chi connectivity index (χ3v) is 8.04. The molecule has 0 spiro atoms. The van der Waals surface area contributed by atoms with Gasteiger partial charge in [-0.3, -0.25) is 9.35 Å². The second-order valence-electron chi connectivity index (χ2n) is 10.7. The van der Waals surface area contributed by atoms with Crippen LogP contribution in [0.1, 0.15) is 38.5 Å². The number of esters is 2. The molecule has 40 heavy (non-hydrogen) atoms. The Balaban J connectivity index is 1.72. The van der Waals surface area contributed by atoms with E-state index in [4.69, 9.17) is 43.2 Å². The highest BCUT2D eigenvalue weighted by Gasteiger charge is 2.69. The predicted octanol–water partition coefficient (Wildman–Crippen LogP) is 0.109. The number of ether oxygens (including phenoxy) is 6. The number of aliphatic hydroxyl groups is 2. The molecule has 0 radical (unpaired) electrons. The van der Waals surface area contributed by atoms with E-state index in [-0.39, 0.29) is 97.7 Å². The molecule has 4 unspecified atom stereocenters. The maximum absolute atomic E-state index is 14.4. The van der Waals surface area contributed by atoms with Gasteiger partial charge in [0, 0.05) is 12.8 Å². The smallest absolute Gasteiger partial charge is 0.378 e. The quantitative estimate of drug-likeness (QED) is 0.103. The third-order valence-electron chi connectivity index (χ3n) is 7.31. The summed E-state index contributed by atoms with van der Waals surface area (Å²) in [6.07, 6.45) is 1.14. The van der Waals surface area contributed by atoms with Gasteiger partial charge < -0.3 is 38.6 Å². The number of halogens is 2. The lowest BCUT2D eigenvalue weighted by Gasteiger charge is -2.64. The number of rotatable bonds is 19. The molecule has 0 aliphatic heterocycles. The van der Waals surface area contributed by atoms with Crippen molar-refractivity contribution in [2.75, 3.05) is 71.8 Å². The Hall–Kier alpha value is -1.53. The van der Waals surface area contributed by atoms with Crippen LogP contribution in [0.4, 0.5) is 8.78 Å². The number of carbonyl (C=O) groups excluding carboxylic acids is 2. The summed E-state index contributed by atoms with van der Waals surface area (Å²) in [4.78, 5) is 25.9. The first kappa shape index (κ1) is 33.0. The normalized spacial score (nSPS) is 29.5. The Morgan fingerprint density at radius 1 is 0.800 bits per heavy atom. The zero-order valence-electron chi connectivity index (χ0n) is 22.2. The average molecular weight is 605 g/mol. The highest BCUT2D eigenvalue weighted by molar-refractivity contribution is 7.85. The SMILES string of the molecule is O=C(OC12CC3CC(OCCOCCO)(C1)CC(C(=O)OCCOCCOCCO)(C3)C2)C(F)(F)CS(=O)(=O)O. The van der Waals surface area contributed by atoms with Crippen LogP contribution in [0, 0.1) is 11.3 Å². The Kier molecular flexibility index (Phi) is 11.2. The topological polar surface area (TPSA) is 184 Å². The first-order chi connectivity index (χ1) is 18.8. The standard InChI is InChI=1S/C24H38F2O13S/c25-24(26,17-40(31,32)33)20(30)39-23-13-18-11-21(15-23,19(29)37-9-7-36-6-5-34-3-1-27)14-22(12-18,16-23)38-10-8-35-4-2-28/h18,27-28H,1-17H2,(H,31,32,33). The Morgan fingerprint density at radius 3 is 1.98 bits per heavy atom. The average Bonchev–Trinajstić information content (AvgIpc) is 2.83. The Labute approximate surface area is 231 Å². The molecule has 0 aromatic carbocycles. The van der Waals surface area contributed by atoms with Gasteiger partial charge in [-0.1, -0.05) is 0 Å². The highest BCUT2D eigenvalue weighted by atomic mass is 32.2. The second-order valence-corrected chi connectivity index (χ2v) is 12.2. The first-order valence-corrected chi connectivity index (χ1v) is 14.7. The number of hydrogen-bond donors (Lipinski definition) is 3. The van der Waals surface area contributed by atoms with Gasteiger partial charge in [0.15, 0.2) is 5.75 Å². The lowest BCUT2D eigenvalue weighted by molar-refractivity contribution is -0.266. The summed E-state index contributed by atoms with van der Waals surface area (Å²) >= 11 is 0. The lowest BCUT2D eigenvalue weighted by atomic mass is 9.46. The molecule has 4 rings (SSSR count). The van der Waals surface area contributed by atoms with Crippen LogP contribution < -0.4 is 0 Å². The minimum absolute atomic E-state index is 0.0101. The molecule has 0 saturated heterocycles. The molecule has 16 heteroatoms. The van der Waals surface area contributed by atoms with Gasteiger partial charge in [0.1, 0.15) is 12.2 Å². The first-order valence-electron chi connectivity index (χ1n) is 13.1. The van der Waals surface area contributed by atoms with E-state index in [0.29, 0.717) is 12.8 Å². The van der Waals surface area contributed by atoms with E-state index in [9.17, 15) is 26.8 Å². The summed E-state index contributed by atoms with van der Waals surface area (Å²) in [5.74, 6) is -9.57. The van der Waals surface area contributed by atoms with Gasteiger partial charge in [-0.15, -0.1) is 0 Å². The summed E-state index contributed by atoms with van der Waals surface area (Å²) in [6, 6.07) is 0. The van der Waals surface area contributed by atoms with Crippen LogP contribution in [0.3, 0.4) is 0 Å². The van der Waals surface area contributed by atoms with Crippen molar-refractivity contribution in [3.8, 4) is 0 Å². The van der Waals surface area contributed by atoms with Crippen LogP contribution in [0.15, 0.2) is 0 Å². The fourth-order valence-corrected chi connectivity index (χ4v) is 7.12. The summed E-state index contributed by atoms with van der Waals surface area (Å²) in [6.45, 7) is 0.621. The van der Waals surface area contributed by atoms with Crippen LogP contribution in [-0.2, 0) is 48.1 Å². The van der Waals surface area contributed by atoms with E-state index in [0.717, 1.165) is 0 Å². The monoisotopic (exact) mass is 604 g/mol. The largest absolute Gasteiger partial charge is 0.463 e. The molecule has 4 bridgehead atoms. The molecule has 232 valence electrons. The van der Waals surface area contributed by atoms with Gasteiger partial charge in [0.25, 0.3) is 10.1 Å². The van der Waals surface area contributed by atoms with Gasteiger partial charge >= 0.3 is 17.9 Å². The van der Waals surface area contributed by atoms with Crippen molar-refractivity contribution in [1.29, 1.82) is 0 Å². The molecule has 13 nitrogen and oxygen atoms in total. The highest BCUT2D eigenvalue weighted by Crippen LogP contribution is 2.65. The second kappa shape index (κ2) is 13.6. The molecule has 3 N–H and O–H groups in total. The van der Waals surface area contributed by atoms with E-state index in [1.807, 2.05) is 0 Å². The zero-order chi connectivity index (χ0) is 29.5. The fourth-order valence-electron chi connectivity index (χ4n) is 6.54. The van der Waals surface area contributed by atoms with Crippen molar-refractivity contribution in [2.24, 2.45) is 11.3 Å². The van der Waals surface area contributed by atoms with Crippen molar-refractivity contribution >= 4 is 22.1 Å². The Bertz CT molecular complexity index is 980. The number of alkyl halides is 2. The van der Waals surface area contributed by atoms with Crippen molar-refractivity contribution < 1.29 is 70.0 Å². The maximum Gasteiger partial charge on any atom is 0.378 e. The van der Waals surface area contributed by atoms with Gasteiger partial charge in [-0.2, -0.15) is 17.2 Å². The van der Waals surface area contributed by atoms with Crippen molar-refractivity contribution in [1.82, 2.24) is 0 Å². The van der Waals surface area contributed by atoms with Crippen LogP contribution in [0.2, 0.25) is 0 Å². The minimum atomic E-state index is -5.18. The van der Waals surface area contributed by atoms with E-state index in [2.05, 4.69) is 0 Å². The summed E-state index contributed by atoms with van der Waals surface area (Å²) in [7, 11) is -5.18. The number of carbonyl (C=O) groups is 2. The van der Waals surface area contributed by atoms with Gasteiger partial charge in [-0.05, 0) is 31.6 Å². The fraction of sp³-hybridized carbons (Fsp3) is 0.917. The summed E-state index contributed by atoms with van der Waals surface area (Å²) in [5, 5.41) is 17.6. The molecule has 4 saturated carbocycles. The van der Waals surface area contributed by atoms with E-state index in [1.165, 1.54) is 0 Å².